The van der Waals surface area contributed by atoms with E-state index in [0.29, 0.717) is 6.42 Å². The molecule has 0 fully saturated rings. The number of carbonyl (C=O) groups is 2. The molecule has 1 amide bonds. The number of rotatable bonds is 19. The van der Waals surface area contributed by atoms with E-state index >= 15 is 0 Å². The molecule has 0 aliphatic carbocycles. The van der Waals surface area contributed by atoms with E-state index in [4.69, 9.17) is 5.11 Å². The lowest BCUT2D eigenvalue weighted by Crippen LogP contribution is -2.28. The monoisotopic (exact) mass is 367 g/mol. The van der Waals surface area contributed by atoms with Gasteiger partial charge in [0.1, 0.15) is 6.54 Å². The summed E-state index contributed by atoms with van der Waals surface area (Å²) in [6.07, 6.45) is 19.5. The summed E-state index contributed by atoms with van der Waals surface area (Å²) in [5.41, 5.74) is 1.31. The molecule has 0 bridgehead atoms. The summed E-state index contributed by atoms with van der Waals surface area (Å²) < 4.78 is 0. The van der Waals surface area contributed by atoms with Crippen molar-refractivity contribution in [1.29, 1.82) is 0 Å². The summed E-state index contributed by atoms with van der Waals surface area (Å²) in [6, 6.07) is 0. The summed E-state index contributed by atoms with van der Waals surface area (Å²) in [4.78, 5) is 21.7. The second-order valence-electron chi connectivity index (χ2n) is 7.58. The average molecular weight is 368 g/mol. The highest BCUT2D eigenvalue weighted by Crippen LogP contribution is 2.14. The molecule has 0 aliphatic rings. The first-order valence-electron chi connectivity index (χ1n) is 10.6. The van der Waals surface area contributed by atoms with Crippen LogP contribution in [0.5, 0.6) is 0 Å². The van der Waals surface area contributed by atoms with Crippen molar-refractivity contribution in [2.75, 3.05) is 6.54 Å². The minimum Gasteiger partial charge on any atom is -0.480 e. The van der Waals surface area contributed by atoms with E-state index in [9.17, 15) is 9.59 Å². The molecule has 2 N–H and O–H groups in total. The molecule has 26 heavy (non-hydrogen) atoms. The van der Waals surface area contributed by atoms with Crippen LogP contribution in [0, 0.1) is 0 Å². The van der Waals surface area contributed by atoms with Crippen LogP contribution in [0.2, 0.25) is 0 Å². The van der Waals surface area contributed by atoms with Crippen LogP contribution in [0.4, 0.5) is 0 Å². The van der Waals surface area contributed by atoms with Gasteiger partial charge in [-0.1, -0.05) is 82.6 Å². The van der Waals surface area contributed by atoms with Crippen LogP contribution in [-0.2, 0) is 9.59 Å². The van der Waals surface area contributed by atoms with Crippen molar-refractivity contribution in [3.05, 3.63) is 12.2 Å². The van der Waals surface area contributed by atoms with E-state index in [0.717, 1.165) is 12.8 Å². The zero-order chi connectivity index (χ0) is 19.5. The van der Waals surface area contributed by atoms with E-state index < -0.39 is 5.97 Å². The first kappa shape index (κ1) is 24.7. The molecule has 0 saturated heterocycles. The van der Waals surface area contributed by atoms with Crippen LogP contribution in [0.1, 0.15) is 110 Å². The second kappa shape index (κ2) is 18.5. The van der Waals surface area contributed by atoms with Gasteiger partial charge < -0.3 is 10.4 Å². The van der Waals surface area contributed by atoms with Gasteiger partial charge in [-0.15, -0.1) is 6.58 Å². The Kier molecular flexibility index (Phi) is 17.5. The Morgan fingerprint density at radius 2 is 1.04 bits per heavy atom. The van der Waals surface area contributed by atoms with Crippen LogP contribution >= 0.6 is 0 Å². The number of amides is 1. The van der Waals surface area contributed by atoms with Gasteiger partial charge in [0.05, 0.1) is 0 Å². The molecule has 0 rings (SSSR count). The van der Waals surface area contributed by atoms with Gasteiger partial charge in [0.2, 0.25) is 5.91 Å². The third-order valence-corrected chi connectivity index (χ3v) is 4.69. The first-order chi connectivity index (χ1) is 12.5. The predicted octanol–water partition coefficient (Wildman–Crippen LogP) is 6.00. The van der Waals surface area contributed by atoms with Gasteiger partial charge in [0, 0.05) is 6.42 Å². The maximum Gasteiger partial charge on any atom is 0.322 e. The molecule has 0 atom stereocenters. The highest BCUT2D eigenvalue weighted by Gasteiger charge is 2.03. The standard InChI is InChI=1S/C22H41NO3/c1-20(2)17-15-13-11-9-7-5-3-4-6-8-10-12-14-16-18-21(24)23-19-22(25)26/h1,3-19H2,2H3,(H,23,24)(H,25,26). The molecule has 0 heterocycles. The van der Waals surface area contributed by atoms with Crippen molar-refractivity contribution in [3.8, 4) is 0 Å². The Labute approximate surface area is 160 Å². The molecule has 0 saturated carbocycles. The molecule has 0 spiro atoms. The fourth-order valence-corrected chi connectivity index (χ4v) is 3.10. The molecular weight excluding hydrogens is 326 g/mol. The van der Waals surface area contributed by atoms with Gasteiger partial charge in [-0.2, -0.15) is 0 Å². The second-order valence-corrected chi connectivity index (χ2v) is 7.58. The van der Waals surface area contributed by atoms with E-state index in [2.05, 4.69) is 18.8 Å². The number of carboxylic acids is 1. The van der Waals surface area contributed by atoms with Gasteiger partial charge in [-0.3, -0.25) is 9.59 Å². The fraction of sp³-hybridized carbons (Fsp3) is 0.818. The number of hydrogen-bond acceptors (Lipinski definition) is 2. The number of nitrogens with one attached hydrogen (secondary N) is 1. The number of hydrogen-bond donors (Lipinski definition) is 2. The van der Waals surface area contributed by atoms with Crippen LogP contribution in [0.15, 0.2) is 12.2 Å². The van der Waals surface area contributed by atoms with Crippen LogP contribution in [-0.4, -0.2) is 23.5 Å². The summed E-state index contributed by atoms with van der Waals surface area (Å²) >= 11 is 0. The lowest BCUT2D eigenvalue weighted by Gasteiger charge is -2.04. The van der Waals surface area contributed by atoms with Crippen LogP contribution < -0.4 is 5.32 Å². The summed E-state index contributed by atoms with van der Waals surface area (Å²) in [5.74, 6) is -1.14. The lowest BCUT2D eigenvalue weighted by atomic mass is 10.0. The molecule has 0 aromatic rings. The molecule has 0 aromatic carbocycles. The van der Waals surface area contributed by atoms with Crippen molar-refractivity contribution in [2.45, 2.75) is 110 Å². The van der Waals surface area contributed by atoms with Crippen LogP contribution in [0.25, 0.3) is 0 Å². The van der Waals surface area contributed by atoms with Crippen LogP contribution in [0.3, 0.4) is 0 Å². The van der Waals surface area contributed by atoms with Crippen molar-refractivity contribution in [2.24, 2.45) is 0 Å². The third-order valence-electron chi connectivity index (χ3n) is 4.69. The Morgan fingerprint density at radius 3 is 1.38 bits per heavy atom. The van der Waals surface area contributed by atoms with Crippen molar-refractivity contribution < 1.29 is 14.7 Å². The Bertz CT molecular complexity index is 380. The molecule has 0 aliphatic heterocycles. The fourth-order valence-electron chi connectivity index (χ4n) is 3.10. The topological polar surface area (TPSA) is 66.4 Å². The maximum absolute atomic E-state index is 11.3. The molecule has 4 heteroatoms. The highest BCUT2D eigenvalue weighted by molar-refractivity contribution is 5.80. The van der Waals surface area contributed by atoms with Gasteiger partial charge >= 0.3 is 5.97 Å². The number of allylic oxidation sites excluding steroid dienone is 1. The minimum absolute atomic E-state index is 0.150. The summed E-state index contributed by atoms with van der Waals surface area (Å²) in [7, 11) is 0. The van der Waals surface area contributed by atoms with Gasteiger partial charge in [0.15, 0.2) is 0 Å². The van der Waals surface area contributed by atoms with E-state index in [1.807, 2.05) is 0 Å². The number of carboxylic acid groups (broad SMARTS) is 1. The molecule has 0 unspecified atom stereocenters. The zero-order valence-electron chi connectivity index (χ0n) is 17.0. The smallest absolute Gasteiger partial charge is 0.322 e. The largest absolute Gasteiger partial charge is 0.480 e. The quantitative estimate of drug-likeness (QED) is 0.217. The average Bonchev–Trinajstić information content (AvgIpc) is 2.59. The first-order valence-corrected chi connectivity index (χ1v) is 10.6. The zero-order valence-corrected chi connectivity index (χ0v) is 17.0. The summed E-state index contributed by atoms with van der Waals surface area (Å²) in [6.45, 7) is 5.79. The Balaban J connectivity index is 3.12. The molecule has 0 aromatic heterocycles. The highest BCUT2D eigenvalue weighted by atomic mass is 16.4. The Morgan fingerprint density at radius 1 is 0.692 bits per heavy atom. The number of carbonyl (C=O) groups excluding carboxylic acids is 1. The lowest BCUT2D eigenvalue weighted by molar-refractivity contribution is -0.137. The van der Waals surface area contributed by atoms with Gasteiger partial charge in [-0.05, 0) is 26.2 Å². The molecular formula is C22H41NO3. The minimum atomic E-state index is -0.989. The third kappa shape index (κ3) is 20.7. The SMILES string of the molecule is C=C(C)CCCCCCCCCCCCCCCCC(=O)NCC(=O)O. The Hall–Kier alpha value is -1.32. The van der Waals surface area contributed by atoms with Crippen molar-refractivity contribution >= 4 is 11.9 Å². The van der Waals surface area contributed by atoms with E-state index in [-0.39, 0.29) is 12.5 Å². The maximum atomic E-state index is 11.3. The molecule has 4 nitrogen and oxygen atoms in total. The molecule has 0 radical (unpaired) electrons. The molecule has 152 valence electrons. The van der Waals surface area contributed by atoms with Crippen molar-refractivity contribution in [3.63, 3.8) is 0 Å². The number of unbranched alkanes of at least 4 members (excludes halogenated alkanes) is 13. The number of aliphatic carboxylic acids is 1. The van der Waals surface area contributed by atoms with Gasteiger partial charge in [-0.25, -0.2) is 0 Å². The van der Waals surface area contributed by atoms with E-state index in [1.165, 1.54) is 89.0 Å². The van der Waals surface area contributed by atoms with Gasteiger partial charge in [0.25, 0.3) is 0 Å². The summed E-state index contributed by atoms with van der Waals surface area (Å²) in [5, 5.41) is 10.9. The van der Waals surface area contributed by atoms with E-state index in [1.54, 1.807) is 0 Å². The van der Waals surface area contributed by atoms with Crippen molar-refractivity contribution in [1.82, 2.24) is 5.32 Å². The predicted molar refractivity (Wildman–Crippen MR) is 109 cm³/mol. The normalized spacial score (nSPS) is 10.7.